The molecule has 0 fully saturated rings. The number of ether oxygens (including phenoxy) is 4. The molecule has 1 rings (SSSR count). The quantitative estimate of drug-likeness (QED) is 0.557. The van der Waals surface area contributed by atoms with Crippen molar-refractivity contribution in [2.75, 3.05) is 28.4 Å². The monoisotopic (exact) mass is 266 g/mol. The number of hydrogen-bond acceptors (Lipinski definition) is 5. The Bertz CT molecular complexity index is 449. The van der Waals surface area contributed by atoms with Crippen LogP contribution >= 0.6 is 0 Å². The second kappa shape index (κ2) is 7.56. The molecule has 0 aliphatic heterocycles. The molecule has 0 unspecified atom stereocenters. The van der Waals surface area contributed by atoms with E-state index >= 15 is 0 Å². The van der Waals surface area contributed by atoms with Crippen molar-refractivity contribution in [1.82, 2.24) is 0 Å². The SMILES string of the molecule is COc1ccc(OC)c(/C=C/C(=O)C(OC)OC)c1. The summed E-state index contributed by atoms with van der Waals surface area (Å²) in [5, 5.41) is 0. The number of methoxy groups -OCH3 is 4. The van der Waals surface area contributed by atoms with Gasteiger partial charge in [-0.1, -0.05) is 0 Å². The Morgan fingerprint density at radius 2 is 1.79 bits per heavy atom. The van der Waals surface area contributed by atoms with E-state index < -0.39 is 6.29 Å². The topological polar surface area (TPSA) is 54.0 Å². The molecule has 0 aliphatic carbocycles. The van der Waals surface area contributed by atoms with Gasteiger partial charge in [-0.05, 0) is 30.4 Å². The zero-order valence-corrected chi connectivity index (χ0v) is 11.5. The van der Waals surface area contributed by atoms with Gasteiger partial charge in [0.15, 0.2) is 0 Å². The van der Waals surface area contributed by atoms with Crippen LogP contribution in [-0.2, 0) is 14.3 Å². The maximum Gasteiger partial charge on any atom is 0.221 e. The number of carbonyl (C=O) groups is 1. The number of benzene rings is 1. The van der Waals surface area contributed by atoms with Crippen LogP contribution in [0.2, 0.25) is 0 Å². The minimum absolute atomic E-state index is 0.283. The van der Waals surface area contributed by atoms with Crippen molar-refractivity contribution >= 4 is 11.9 Å². The maximum absolute atomic E-state index is 11.7. The lowest BCUT2D eigenvalue weighted by atomic mass is 10.1. The Morgan fingerprint density at radius 3 is 2.32 bits per heavy atom. The molecule has 0 spiro atoms. The number of rotatable bonds is 7. The summed E-state index contributed by atoms with van der Waals surface area (Å²) in [6, 6.07) is 5.33. The molecule has 0 aliphatic rings. The molecule has 0 radical (unpaired) electrons. The Labute approximate surface area is 112 Å². The normalized spacial score (nSPS) is 11.0. The van der Waals surface area contributed by atoms with Gasteiger partial charge in [-0.2, -0.15) is 0 Å². The molecule has 104 valence electrons. The molecule has 5 nitrogen and oxygen atoms in total. The van der Waals surface area contributed by atoms with Gasteiger partial charge in [0.05, 0.1) is 14.2 Å². The van der Waals surface area contributed by atoms with Crippen molar-refractivity contribution in [3.8, 4) is 11.5 Å². The first kappa shape index (κ1) is 15.2. The molecule has 0 saturated carbocycles. The number of ketones is 1. The molecule has 0 N–H and O–H groups in total. The summed E-state index contributed by atoms with van der Waals surface area (Å²) < 4.78 is 20.1. The minimum Gasteiger partial charge on any atom is -0.497 e. The summed E-state index contributed by atoms with van der Waals surface area (Å²) in [4.78, 5) is 11.7. The fourth-order valence-corrected chi connectivity index (χ4v) is 1.55. The third kappa shape index (κ3) is 4.08. The lowest BCUT2D eigenvalue weighted by Gasteiger charge is -2.09. The van der Waals surface area contributed by atoms with E-state index in [4.69, 9.17) is 18.9 Å². The molecule has 1 aromatic rings. The van der Waals surface area contributed by atoms with Crippen LogP contribution in [0.1, 0.15) is 5.56 Å². The van der Waals surface area contributed by atoms with Gasteiger partial charge in [0.25, 0.3) is 0 Å². The third-order valence-corrected chi connectivity index (χ3v) is 2.52. The number of hydrogen-bond donors (Lipinski definition) is 0. The Hall–Kier alpha value is -1.85. The molecule has 0 bridgehead atoms. The van der Waals surface area contributed by atoms with Crippen molar-refractivity contribution in [2.45, 2.75) is 6.29 Å². The summed E-state index contributed by atoms with van der Waals surface area (Å²) in [5.41, 5.74) is 0.737. The van der Waals surface area contributed by atoms with E-state index in [0.29, 0.717) is 11.5 Å². The highest BCUT2D eigenvalue weighted by Gasteiger charge is 2.13. The predicted molar refractivity (Wildman–Crippen MR) is 71.4 cm³/mol. The second-order valence-corrected chi connectivity index (χ2v) is 3.65. The molecular weight excluding hydrogens is 248 g/mol. The van der Waals surface area contributed by atoms with Gasteiger partial charge in [-0.25, -0.2) is 0 Å². The molecule has 0 aromatic heterocycles. The molecule has 1 aromatic carbocycles. The highest BCUT2D eigenvalue weighted by Crippen LogP contribution is 2.25. The van der Waals surface area contributed by atoms with Crippen LogP contribution in [0.25, 0.3) is 6.08 Å². The smallest absolute Gasteiger partial charge is 0.221 e. The van der Waals surface area contributed by atoms with Crippen LogP contribution in [0.15, 0.2) is 24.3 Å². The summed E-state index contributed by atoms with van der Waals surface area (Å²) in [7, 11) is 5.96. The molecular formula is C14H18O5. The van der Waals surface area contributed by atoms with Crippen molar-refractivity contribution in [3.05, 3.63) is 29.8 Å². The number of carbonyl (C=O) groups excluding carboxylic acids is 1. The molecule has 0 heterocycles. The highest BCUT2D eigenvalue weighted by molar-refractivity contribution is 5.96. The Morgan fingerprint density at radius 1 is 1.11 bits per heavy atom. The maximum atomic E-state index is 11.7. The van der Waals surface area contributed by atoms with Gasteiger partial charge < -0.3 is 18.9 Å². The van der Waals surface area contributed by atoms with Crippen molar-refractivity contribution in [3.63, 3.8) is 0 Å². The van der Waals surface area contributed by atoms with E-state index in [2.05, 4.69) is 0 Å². The molecule has 19 heavy (non-hydrogen) atoms. The molecule has 5 heteroatoms. The molecule has 0 atom stereocenters. The van der Waals surface area contributed by atoms with Crippen molar-refractivity contribution < 1.29 is 23.7 Å². The molecule has 0 saturated heterocycles. The lowest BCUT2D eigenvalue weighted by Crippen LogP contribution is -2.22. The summed E-state index contributed by atoms with van der Waals surface area (Å²) in [5.74, 6) is 1.05. The summed E-state index contributed by atoms with van der Waals surface area (Å²) in [6.45, 7) is 0. The fourth-order valence-electron chi connectivity index (χ4n) is 1.55. The first-order chi connectivity index (χ1) is 9.15. The summed E-state index contributed by atoms with van der Waals surface area (Å²) >= 11 is 0. The van der Waals surface area contributed by atoms with Crippen LogP contribution in [0.3, 0.4) is 0 Å². The average Bonchev–Trinajstić information content (AvgIpc) is 2.45. The Balaban J connectivity index is 2.94. The van der Waals surface area contributed by atoms with Gasteiger partial charge in [-0.3, -0.25) is 4.79 Å². The second-order valence-electron chi connectivity index (χ2n) is 3.65. The van der Waals surface area contributed by atoms with E-state index in [9.17, 15) is 4.79 Å². The van der Waals surface area contributed by atoms with Gasteiger partial charge >= 0.3 is 0 Å². The van der Waals surface area contributed by atoms with Crippen molar-refractivity contribution in [2.24, 2.45) is 0 Å². The van der Waals surface area contributed by atoms with Gasteiger partial charge in [0.1, 0.15) is 11.5 Å². The summed E-state index contributed by atoms with van der Waals surface area (Å²) in [6.07, 6.45) is 2.12. The fraction of sp³-hybridized carbons (Fsp3) is 0.357. The minimum atomic E-state index is -0.896. The van der Waals surface area contributed by atoms with Gasteiger partial charge in [-0.15, -0.1) is 0 Å². The van der Waals surface area contributed by atoms with Crippen LogP contribution in [0, 0.1) is 0 Å². The Kier molecular flexibility index (Phi) is 6.05. The third-order valence-electron chi connectivity index (χ3n) is 2.52. The van der Waals surface area contributed by atoms with Crippen molar-refractivity contribution in [1.29, 1.82) is 0 Å². The van der Waals surface area contributed by atoms with E-state index in [1.54, 1.807) is 38.5 Å². The van der Waals surface area contributed by atoms with Crippen LogP contribution < -0.4 is 9.47 Å². The van der Waals surface area contributed by atoms with E-state index in [-0.39, 0.29) is 5.78 Å². The predicted octanol–water partition coefficient (Wildman–Crippen LogP) is 1.91. The average molecular weight is 266 g/mol. The molecule has 0 amide bonds. The van der Waals surface area contributed by atoms with Gasteiger partial charge in [0.2, 0.25) is 12.1 Å². The lowest BCUT2D eigenvalue weighted by molar-refractivity contribution is -0.151. The van der Waals surface area contributed by atoms with E-state index in [1.165, 1.54) is 20.3 Å². The van der Waals surface area contributed by atoms with Crippen LogP contribution in [0.4, 0.5) is 0 Å². The van der Waals surface area contributed by atoms with Gasteiger partial charge in [0, 0.05) is 19.8 Å². The highest BCUT2D eigenvalue weighted by atomic mass is 16.7. The first-order valence-corrected chi connectivity index (χ1v) is 5.65. The standard InChI is InChI=1S/C14H18O5/c1-16-11-6-8-13(17-2)10(9-11)5-7-12(15)14(18-3)19-4/h5-9,14H,1-4H3/b7-5+. The zero-order valence-electron chi connectivity index (χ0n) is 11.5. The van der Waals surface area contributed by atoms with Crippen LogP contribution in [0.5, 0.6) is 11.5 Å². The zero-order chi connectivity index (χ0) is 14.3. The first-order valence-electron chi connectivity index (χ1n) is 5.65. The van der Waals surface area contributed by atoms with Crippen LogP contribution in [-0.4, -0.2) is 40.5 Å². The van der Waals surface area contributed by atoms with E-state index in [1.807, 2.05) is 0 Å². The largest absolute Gasteiger partial charge is 0.497 e. The van der Waals surface area contributed by atoms with E-state index in [0.717, 1.165) is 5.56 Å².